The summed E-state index contributed by atoms with van der Waals surface area (Å²) in [4.78, 5) is 4.70. The van der Waals surface area contributed by atoms with Crippen molar-refractivity contribution >= 4 is 16.0 Å². The topological polar surface area (TPSA) is 101 Å². The number of sulfonamides is 1. The zero-order chi connectivity index (χ0) is 20.3. The molecule has 0 aromatic heterocycles. The lowest BCUT2D eigenvalue weighted by Crippen LogP contribution is -2.43. The summed E-state index contributed by atoms with van der Waals surface area (Å²) in [6.45, 7) is 5.65. The maximum absolute atomic E-state index is 12.2. The van der Waals surface area contributed by atoms with E-state index in [0.29, 0.717) is 19.0 Å². The van der Waals surface area contributed by atoms with Gasteiger partial charge in [0.25, 0.3) is 0 Å². The van der Waals surface area contributed by atoms with E-state index in [2.05, 4.69) is 15.4 Å². The Hall–Kier alpha value is -0.900. The summed E-state index contributed by atoms with van der Waals surface area (Å²) in [6.07, 6.45) is 7.71. The van der Waals surface area contributed by atoms with Gasteiger partial charge in [-0.15, -0.1) is 0 Å². The molecule has 2 rings (SSSR count). The zero-order valence-corrected chi connectivity index (χ0v) is 18.3. The van der Waals surface area contributed by atoms with Crippen molar-refractivity contribution in [2.24, 2.45) is 10.4 Å². The molecule has 1 heterocycles. The molecule has 1 aliphatic carbocycles. The van der Waals surface area contributed by atoms with Crippen LogP contribution in [0.1, 0.15) is 51.9 Å². The molecule has 0 aromatic rings. The van der Waals surface area contributed by atoms with Gasteiger partial charge < -0.3 is 20.1 Å². The van der Waals surface area contributed by atoms with Gasteiger partial charge in [-0.25, -0.2) is 13.1 Å². The molecule has 8 nitrogen and oxygen atoms in total. The van der Waals surface area contributed by atoms with E-state index < -0.39 is 10.0 Å². The van der Waals surface area contributed by atoms with E-state index in [0.717, 1.165) is 52.0 Å². The molecular weight excluding hydrogens is 380 g/mol. The van der Waals surface area contributed by atoms with Gasteiger partial charge in [0.15, 0.2) is 5.96 Å². The molecule has 164 valence electrons. The van der Waals surface area contributed by atoms with Crippen LogP contribution >= 0.6 is 0 Å². The quantitative estimate of drug-likeness (QED) is 0.326. The molecule has 3 N–H and O–H groups in total. The van der Waals surface area contributed by atoms with Gasteiger partial charge in [-0.05, 0) is 50.9 Å². The van der Waals surface area contributed by atoms with Crippen LogP contribution in [-0.4, -0.2) is 72.7 Å². The molecule has 2 fully saturated rings. The van der Waals surface area contributed by atoms with Gasteiger partial charge in [0.1, 0.15) is 0 Å². The summed E-state index contributed by atoms with van der Waals surface area (Å²) in [6, 6.07) is 0. The lowest BCUT2D eigenvalue weighted by Gasteiger charge is -2.40. The molecule has 0 amide bonds. The molecule has 1 unspecified atom stereocenters. The maximum atomic E-state index is 12.2. The van der Waals surface area contributed by atoms with E-state index in [1.165, 1.54) is 19.3 Å². The van der Waals surface area contributed by atoms with Crippen molar-refractivity contribution in [3.8, 4) is 0 Å². The van der Waals surface area contributed by atoms with Gasteiger partial charge in [0.05, 0.1) is 11.9 Å². The number of guanidine groups is 1. The Morgan fingerprint density at radius 1 is 1.25 bits per heavy atom. The second kappa shape index (κ2) is 11.9. The van der Waals surface area contributed by atoms with Gasteiger partial charge in [0.2, 0.25) is 10.0 Å². The number of hydrogen-bond donors (Lipinski definition) is 3. The second-order valence-electron chi connectivity index (χ2n) is 7.87. The summed E-state index contributed by atoms with van der Waals surface area (Å²) in [7, 11) is -1.60. The first-order chi connectivity index (χ1) is 13.5. The van der Waals surface area contributed by atoms with Crippen LogP contribution in [0.15, 0.2) is 4.99 Å². The molecule has 1 saturated heterocycles. The highest BCUT2D eigenvalue weighted by Gasteiger charge is 2.36. The average Bonchev–Trinajstić information content (AvgIpc) is 2.66. The minimum atomic E-state index is -3.33. The number of aliphatic imine (C=N–C) groups is 1. The monoisotopic (exact) mass is 418 g/mol. The largest absolute Gasteiger partial charge is 0.385 e. The van der Waals surface area contributed by atoms with E-state index >= 15 is 0 Å². The highest BCUT2D eigenvalue weighted by Crippen LogP contribution is 2.44. The Kier molecular flexibility index (Phi) is 9.98. The Morgan fingerprint density at radius 2 is 2.07 bits per heavy atom. The fourth-order valence-corrected chi connectivity index (χ4v) is 4.59. The Balaban J connectivity index is 1.75. The van der Waals surface area contributed by atoms with E-state index in [1.54, 1.807) is 7.11 Å². The molecule has 1 atom stereocenters. The van der Waals surface area contributed by atoms with Gasteiger partial charge in [0, 0.05) is 46.5 Å². The van der Waals surface area contributed by atoms with E-state index in [-0.39, 0.29) is 17.3 Å². The van der Waals surface area contributed by atoms with Gasteiger partial charge in [-0.3, -0.25) is 4.99 Å². The van der Waals surface area contributed by atoms with Gasteiger partial charge in [-0.2, -0.15) is 0 Å². The summed E-state index contributed by atoms with van der Waals surface area (Å²) in [5.74, 6) is 0.691. The van der Waals surface area contributed by atoms with Crippen LogP contribution in [0.3, 0.4) is 0 Å². The van der Waals surface area contributed by atoms with Crippen LogP contribution in [0.4, 0.5) is 0 Å². The summed E-state index contributed by atoms with van der Waals surface area (Å²) in [5, 5.41) is 6.35. The van der Waals surface area contributed by atoms with Crippen molar-refractivity contribution in [2.45, 2.75) is 58.0 Å². The van der Waals surface area contributed by atoms with Gasteiger partial charge in [-0.1, -0.05) is 6.42 Å². The summed E-state index contributed by atoms with van der Waals surface area (Å²) >= 11 is 0. The molecule has 1 aliphatic heterocycles. The van der Waals surface area contributed by atoms with Crippen LogP contribution in [0.25, 0.3) is 0 Å². The van der Waals surface area contributed by atoms with E-state index in [9.17, 15) is 8.42 Å². The molecule has 9 heteroatoms. The molecule has 0 aromatic carbocycles. The first kappa shape index (κ1) is 23.4. The number of rotatable bonds is 12. The molecule has 28 heavy (non-hydrogen) atoms. The van der Waals surface area contributed by atoms with Crippen molar-refractivity contribution in [2.75, 3.05) is 52.3 Å². The standard InChI is InChI=1S/C19H38N4O4S/c1-3-20-18(22-16-19(8-6-9-19)10-13-26-2)21-11-14-28(24,25)23-15-17-7-4-5-12-27-17/h17,23H,3-16H2,1-2H3,(H2,20,21,22). The SMILES string of the molecule is CCNC(=NCC1(CCOC)CCC1)NCCS(=O)(=O)NCC1CCCCO1. The van der Waals surface area contributed by atoms with Gasteiger partial charge >= 0.3 is 0 Å². The van der Waals surface area contributed by atoms with Crippen LogP contribution in [-0.2, 0) is 19.5 Å². The number of nitrogens with one attached hydrogen (secondary N) is 3. The fourth-order valence-electron chi connectivity index (χ4n) is 3.64. The zero-order valence-electron chi connectivity index (χ0n) is 17.5. The van der Waals surface area contributed by atoms with Crippen molar-refractivity contribution < 1.29 is 17.9 Å². The van der Waals surface area contributed by atoms with Crippen molar-refractivity contribution in [3.05, 3.63) is 0 Å². The van der Waals surface area contributed by atoms with E-state index in [1.807, 2.05) is 6.92 Å². The number of methoxy groups -OCH3 is 1. The van der Waals surface area contributed by atoms with Crippen molar-refractivity contribution in [1.82, 2.24) is 15.4 Å². The lowest BCUT2D eigenvalue weighted by molar-refractivity contribution is 0.0200. The molecule has 0 spiro atoms. The van der Waals surface area contributed by atoms with Crippen LogP contribution in [0.5, 0.6) is 0 Å². The highest BCUT2D eigenvalue weighted by molar-refractivity contribution is 7.89. The molecular formula is C19H38N4O4S. The minimum absolute atomic E-state index is 0.00105. The molecule has 0 bridgehead atoms. The first-order valence-corrected chi connectivity index (χ1v) is 12.2. The van der Waals surface area contributed by atoms with Crippen LogP contribution < -0.4 is 15.4 Å². The number of nitrogens with zero attached hydrogens (tertiary/aromatic N) is 1. The number of ether oxygens (including phenoxy) is 2. The minimum Gasteiger partial charge on any atom is -0.385 e. The Labute approximate surface area is 170 Å². The highest BCUT2D eigenvalue weighted by atomic mass is 32.2. The third kappa shape index (κ3) is 8.23. The third-order valence-electron chi connectivity index (χ3n) is 5.64. The second-order valence-corrected chi connectivity index (χ2v) is 9.80. The maximum Gasteiger partial charge on any atom is 0.213 e. The predicted octanol–water partition coefficient (Wildman–Crippen LogP) is 1.24. The average molecular weight is 419 g/mol. The summed E-state index contributed by atoms with van der Waals surface area (Å²) in [5.41, 5.74) is 0.242. The van der Waals surface area contributed by atoms with E-state index in [4.69, 9.17) is 14.5 Å². The predicted molar refractivity (Wildman–Crippen MR) is 112 cm³/mol. The Morgan fingerprint density at radius 3 is 2.68 bits per heavy atom. The molecule has 2 aliphatic rings. The lowest BCUT2D eigenvalue weighted by atomic mass is 9.67. The van der Waals surface area contributed by atoms with Crippen LogP contribution in [0.2, 0.25) is 0 Å². The van der Waals surface area contributed by atoms with Crippen molar-refractivity contribution in [1.29, 1.82) is 0 Å². The molecule has 0 radical (unpaired) electrons. The third-order valence-corrected chi connectivity index (χ3v) is 6.98. The summed E-state index contributed by atoms with van der Waals surface area (Å²) < 4.78 is 37.9. The molecule has 1 saturated carbocycles. The fraction of sp³-hybridized carbons (Fsp3) is 0.947. The number of hydrogen-bond acceptors (Lipinski definition) is 5. The normalized spacial score (nSPS) is 22.5. The smallest absolute Gasteiger partial charge is 0.213 e. The Bertz CT molecular complexity index is 572. The van der Waals surface area contributed by atoms with Crippen molar-refractivity contribution in [3.63, 3.8) is 0 Å². The van der Waals surface area contributed by atoms with Crippen LogP contribution in [0, 0.1) is 5.41 Å². The first-order valence-electron chi connectivity index (χ1n) is 10.6.